The number of rotatable bonds is 8. The quantitative estimate of drug-likeness (QED) is 0.698. The molecule has 1 saturated heterocycles. The van der Waals surface area contributed by atoms with Crippen molar-refractivity contribution in [3.05, 3.63) is 59.8 Å². The molecule has 0 saturated carbocycles. The van der Waals surface area contributed by atoms with Crippen LogP contribution >= 0.6 is 0 Å². The van der Waals surface area contributed by atoms with Crippen molar-refractivity contribution in [2.24, 2.45) is 0 Å². The van der Waals surface area contributed by atoms with E-state index >= 15 is 0 Å². The molecule has 29 heavy (non-hydrogen) atoms. The summed E-state index contributed by atoms with van der Waals surface area (Å²) in [5.74, 6) is 1.69. The second-order valence-corrected chi connectivity index (χ2v) is 7.25. The monoisotopic (exact) mass is 394 g/mol. The van der Waals surface area contributed by atoms with Crippen molar-refractivity contribution < 1.29 is 9.53 Å². The van der Waals surface area contributed by atoms with Gasteiger partial charge in [-0.3, -0.25) is 4.79 Å². The Bertz CT molecular complexity index is 812. The van der Waals surface area contributed by atoms with Gasteiger partial charge in [-0.15, -0.1) is 0 Å². The molecule has 0 unspecified atom stereocenters. The van der Waals surface area contributed by atoms with Crippen LogP contribution in [0.15, 0.2) is 48.7 Å². The van der Waals surface area contributed by atoms with Crippen LogP contribution < -0.4 is 15.0 Å². The first-order valence-electron chi connectivity index (χ1n) is 10.2. The van der Waals surface area contributed by atoms with Crippen LogP contribution in [0.3, 0.4) is 0 Å². The average Bonchev–Trinajstić information content (AvgIpc) is 2.76. The summed E-state index contributed by atoms with van der Waals surface area (Å²) in [6, 6.07) is 11.7. The zero-order chi connectivity index (χ0) is 20.5. The number of hydrogen-bond acceptors (Lipinski definition) is 5. The molecular weight excluding hydrogens is 364 g/mol. The average molecular weight is 395 g/mol. The lowest BCUT2D eigenvalue weighted by Gasteiger charge is -2.34. The van der Waals surface area contributed by atoms with Crippen molar-refractivity contribution in [1.29, 1.82) is 0 Å². The molecule has 6 heteroatoms. The lowest BCUT2D eigenvalue weighted by molar-refractivity contribution is -0.116. The molecule has 0 spiro atoms. The third-order valence-electron chi connectivity index (χ3n) is 4.90. The summed E-state index contributed by atoms with van der Waals surface area (Å²) in [4.78, 5) is 21.4. The Morgan fingerprint density at radius 3 is 2.66 bits per heavy atom. The number of piperazine rings is 1. The van der Waals surface area contributed by atoms with E-state index in [1.165, 1.54) is 0 Å². The smallest absolute Gasteiger partial charge is 0.244 e. The standard InChI is InChI=1S/C23H30N4O2/c1-3-17-29-21-9-6-19(7-10-21)8-11-22(28)25-18-20-5-4-12-24-23(20)27-15-13-26(2)14-16-27/h4-12H,3,13-18H2,1-2H3,(H,25,28)/b11-8+. The molecule has 1 fully saturated rings. The molecule has 0 atom stereocenters. The number of amides is 1. The summed E-state index contributed by atoms with van der Waals surface area (Å²) in [6.45, 7) is 7.19. The number of nitrogens with one attached hydrogen (secondary N) is 1. The molecule has 1 aromatic heterocycles. The van der Waals surface area contributed by atoms with E-state index in [0.29, 0.717) is 13.2 Å². The Morgan fingerprint density at radius 1 is 1.17 bits per heavy atom. The molecule has 6 nitrogen and oxygen atoms in total. The fourth-order valence-corrected chi connectivity index (χ4v) is 3.18. The van der Waals surface area contributed by atoms with E-state index in [9.17, 15) is 4.79 Å². The fourth-order valence-electron chi connectivity index (χ4n) is 3.18. The van der Waals surface area contributed by atoms with Gasteiger partial charge < -0.3 is 19.9 Å². The minimum absolute atomic E-state index is 0.121. The number of carbonyl (C=O) groups is 1. The summed E-state index contributed by atoms with van der Waals surface area (Å²) in [5, 5.41) is 2.97. The minimum Gasteiger partial charge on any atom is -0.494 e. The predicted octanol–water partition coefficient (Wildman–Crippen LogP) is 2.95. The minimum atomic E-state index is -0.121. The molecular formula is C23H30N4O2. The molecule has 3 rings (SSSR count). The van der Waals surface area contributed by atoms with Crippen LogP contribution in [-0.4, -0.2) is 55.6 Å². The van der Waals surface area contributed by atoms with Gasteiger partial charge in [0.25, 0.3) is 0 Å². The normalized spacial score (nSPS) is 14.9. The van der Waals surface area contributed by atoms with Crippen LogP contribution in [0.2, 0.25) is 0 Å². The third kappa shape index (κ3) is 6.32. The van der Waals surface area contributed by atoms with Crippen molar-refractivity contribution in [3.8, 4) is 5.75 Å². The van der Waals surface area contributed by atoms with Crippen molar-refractivity contribution in [3.63, 3.8) is 0 Å². The summed E-state index contributed by atoms with van der Waals surface area (Å²) in [7, 11) is 2.13. The summed E-state index contributed by atoms with van der Waals surface area (Å²) >= 11 is 0. The molecule has 1 aliphatic heterocycles. The van der Waals surface area contributed by atoms with Gasteiger partial charge >= 0.3 is 0 Å². The SMILES string of the molecule is CCCOc1ccc(/C=C/C(=O)NCc2cccnc2N2CCN(C)CC2)cc1. The first-order valence-corrected chi connectivity index (χ1v) is 10.2. The molecule has 0 bridgehead atoms. The van der Waals surface area contributed by atoms with Crippen molar-refractivity contribution in [2.45, 2.75) is 19.9 Å². The van der Waals surface area contributed by atoms with E-state index in [1.807, 2.05) is 48.7 Å². The molecule has 0 aliphatic carbocycles. The summed E-state index contributed by atoms with van der Waals surface area (Å²) in [6.07, 6.45) is 6.17. The van der Waals surface area contributed by atoms with Crippen LogP contribution in [0, 0.1) is 0 Å². The van der Waals surface area contributed by atoms with E-state index in [4.69, 9.17) is 4.74 Å². The number of benzene rings is 1. The van der Waals surface area contributed by atoms with Gasteiger partial charge in [0.1, 0.15) is 11.6 Å². The Morgan fingerprint density at radius 2 is 1.93 bits per heavy atom. The summed E-state index contributed by atoms with van der Waals surface area (Å²) in [5.41, 5.74) is 2.00. The maximum atomic E-state index is 12.3. The first kappa shape index (κ1) is 20.9. The van der Waals surface area contributed by atoms with Gasteiger partial charge in [0.15, 0.2) is 0 Å². The van der Waals surface area contributed by atoms with Crippen molar-refractivity contribution in [2.75, 3.05) is 44.7 Å². The topological polar surface area (TPSA) is 57.7 Å². The maximum Gasteiger partial charge on any atom is 0.244 e. The molecule has 1 N–H and O–H groups in total. The van der Waals surface area contributed by atoms with E-state index in [2.05, 4.69) is 34.1 Å². The molecule has 2 aromatic rings. The van der Waals surface area contributed by atoms with Crippen LogP contribution in [0.4, 0.5) is 5.82 Å². The lowest BCUT2D eigenvalue weighted by atomic mass is 10.2. The summed E-state index contributed by atoms with van der Waals surface area (Å²) < 4.78 is 5.57. The zero-order valence-electron chi connectivity index (χ0n) is 17.3. The van der Waals surface area contributed by atoms with Gasteiger partial charge in [-0.05, 0) is 43.3 Å². The highest BCUT2D eigenvalue weighted by molar-refractivity contribution is 5.91. The number of ether oxygens (including phenoxy) is 1. The molecule has 2 heterocycles. The van der Waals surface area contributed by atoms with Crippen LogP contribution in [0.25, 0.3) is 6.08 Å². The number of nitrogens with zero attached hydrogens (tertiary/aromatic N) is 3. The second kappa shape index (κ2) is 10.6. The molecule has 1 amide bonds. The number of aromatic nitrogens is 1. The van der Waals surface area contributed by atoms with Gasteiger partial charge in [0, 0.05) is 50.6 Å². The van der Waals surface area contributed by atoms with Gasteiger partial charge in [0.05, 0.1) is 6.61 Å². The number of hydrogen-bond donors (Lipinski definition) is 1. The van der Waals surface area contributed by atoms with Crippen molar-refractivity contribution in [1.82, 2.24) is 15.2 Å². The van der Waals surface area contributed by atoms with Gasteiger partial charge in [0.2, 0.25) is 5.91 Å². The molecule has 154 valence electrons. The van der Waals surface area contributed by atoms with Crippen molar-refractivity contribution >= 4 is 17.8 Å². The van der Waals surface area contributed by atoms with Gasteiger partial charge in [-0.1, -0.05) is 25.1 Å². The lowest BCUT2D eigenvalue weighted by Crippen LogP contribution is -2.45. The highest BCUT2D eigenvalue weighted by Crippen LogP contribution is 2.18. The van der Waals surface area contributed by atoms with E-state index in [1.54, 1.807) is 6.08 Å². The van der Waals surface area contributed by atoms with E-state index in [0.717, 1.165) is 55.3 Å². The third-order valence-corrected chi connectivity index (χ3v) is 4.90. The Hall–Kier alpha value is -2.86. The molecule has 1 aliphatic rings. The van der Waals surface area contributed by atoms with Crippen LogP contribution in [-0.2, 0) is 11.3 Å². The maximum absolute atomic E-state index is 12.3. The number of anilines is 1. The van der Waals surface area contributed by atoms with Gasteiger partial charge in [-0.25, -0.2) is 4.98 Å². The Balaban J connectivity index is 1.53. The van der Waals surface area contributed by atoms with E-state index < -0.39 is 0 Å². The Kier molecular flexibility index (Phi) is 7.64. The first-order chi connectivity index (χ1) is 14.2. The highest BCUT2D eigenvalue weighted by atomic mass is 16.5. The van der Waals surface area contributed by atoms with Crippen LogP contribution in [0.5, 0.6) is 5.75 Å². The van der Waals surface area contributed by atoms with Gasteiger partial charge in [-0.2, -0.15) is 0 Å². The highest BCUT2D eigenvalue weighted by Gasteiger charge is 2.17. The molecule has 0 radical (unpaired) electrons. The largest absolute Gasteiger partial charge is 0.494 e. The zero-order valence-corrected chi connectivity index (χ0v) is 17.3. The number of carbonyl (C=O) groups excluding carboxylic acids is 1. The number of pyridine rings is 1. The van der Waals surface area contributed by atoms with E-state index in [-0.39, 0.29) is 5.91 Å². The number of likely N-dealkylation sites (N-methyl/N-ethyl adjacent to an activating group) is 1. The fraction of sp³-hybridized carbons (Fsp3) is 0.391. The molecule has 1 aromatic carbocycles. The van der Waals surface area contributed by atoms with Crippen LogP contribution in [0.1, 0.15) is 24.5 Å². The Labute approximate surface area is 173 Å². The second-order valence-electron chi connectivity index (χ2n) is 7.25. The predicted molar refractivity (Wildman–Crippen MR) is 117 cm³/mol.